The maximum Gasteiger partial charge on any atom is 0.416 e. The Morgan fingerprint density at radius 3 is 1.98 bits per heavy atom. The van der Waals surface area contributed by atoms with Gasteiger partial charge in [-0.3, -0.25) is 9.59 Å². The number of ether oxygens (including phenoxy) is 3. The summed E-state index contributed by atoms with van der Waals surface area (Å²) in [4.78, 5) is 59.3. The van der Waals surface area contributed by atoms with Crippen LogP contribution in [0.25, 0.3) is 17.8 Å². The number of halogens is 3. The van der Waals surface area contributed by atoms with E-state index in [1.54, 1.807) is 36.3 Å². The molecule has 3 atom stereocenters. The first kappa shape index (κ1) is 43.7. The van der Waals surface area contributed by atoms with Gasteiger partial charge in [-0.2, -0.15) is 18.3 Å². The minimum absolute atomic E-state index is 0.237. The summed E-state index contributed by atoms with van der Waals surface area (Å²) in [7, 11) is 1.55. The van der Waals surface area contributed by atoms with Crippen LogP contribution in [-0.2, 0) is 41.4 Å². The van der Waals surface area contributed by atoms with Crippen molar-refractivity contribution in [1.82, 2.24) is 29.3 Å². The largest absolute Gasteiger partial charge is 0.479 e. The Balaban J connectivity index is 0.000000285. The average Bonchev–Trinajstić information content (AvgIpc) is 3.76. The molecule has 2 N–H and O–H groups in total. The number of rotatable bonds is 10. The summed E-state index contributed by atoms with van der Waals surface area (Å²) in [5.41, 5.74) is -0.193. The molecular formula is C39H45F3N6O9. The molecule has 1 aromatic carbocycles. The molecule has 0 amide bonds. The summed E-state index contributed by atoms with van der Waals surface area (Å²) in [6.07, 6.45) is -0.335. The maximum absolute atomic E-state index is 13.6. The molecule has 1 aliphatic heterocycles. The van der Waals surface area contributed by atoms with Gasteiger partial charge >= 0.3 is 30.1 Å². The molecular weight excluding hydrogens is 753 g/mol. The zero-order valence-corrected chi connectivity index (χ0v) is 32.7. The molecule has 3 aromatic heterocycles. The number of aliphatic carboxylic acids is 2. The number of nitrogens with zero attached hydrogens (tertiary/aromatic N) is 6. The zero-order valence-electron chi connectivity index (χ0n) is 32.7. The number of imidazole rings is 1. The first-order chi connectivity index (χ1) is 26.5. The van der Waals surface area contributed by atoms with Crippen molar-refractivity contribution in [2.75, 3.05) is 7.11 Å². The van der Waals surface area contributed by atoms with E-state index in [4.69, 9.17) is 24.4 Å². The van der Waals surface area contributed by atoms with Crippen molar-refractivity contribution in [3.8, 4) is 11.6 Å². The fraction of sp³-hybridized carbons (Fsp3) is 0.436. The lowest BCUT2D eigenvalue weighted by Crippen LogP contribution is -2.48. The molecule has 15 nitrogen and oxygen atoms in total. The van der Waals surface area contributed by atoms with E-state index in [0.717, 1.165) is 23.9 Å². The monoisotopic (exact) mass is 798 g/mol. The Bertz CT molecular complexity index is 2090. The Morgan fingerprint density at radius 1 is 0.877 bits per heavy atom. The van der Waals surface area contributed by atoms with Gasteiger partial charge in [0.2, 0.25) is 18.1 Å². The van der Waals surface area contributed by atoms with E-state index in [1.807, 2.05) is 29.8 Å². The smallest absolute Gasteiger partial charge is 0.416 e. The van der Waals surface area contributed by atoms with Crippen molar-refractivity contribution in [2.45, 2.75) is 92.2 Å². The quantitative estimate of drug-likeness (QED) is 0.168. The van der Waals surface area contributed by atoms with Gasteiger partial charge in [-0.05, 0) is 97.2 Å². The van der Waals surface area contributed by atoms with Crippen molar-refractivity contribution in [3.63, 3.8) is 0 Å². The number of fused-ring (bicyclic) bond motifs is 1. The molecule has 57 heavy (non-hydrogen) atoms. The number of carboxylic acid groups (broad SMARTS) is 2. The van der Waals surface area contributed by atoms with Crippen molar-refractivity contribution in [3.05, 3.63) is 83.1 Å². The predicted octanol–water partition coefficient (Wildman–Crippen LogP) is 6.36. The van der Waals surface area contributed by atoms with Gasteiger partial charge in [0.05, 0.1) is 41.2 Å². The van der Waals surface area contributed by atoms with Crippen LogP contribution in [0.5, 0.6) is 5.88 Å². The third-order valence-corrected chi connectivity index (χ3v) is 8.44. The fourth-order valence-electron chi connectivity index (χ4n) is 5.46. The third-order valence-electron chi connectivity index (χ3n) is 8.44. The number of carboxylic acids is 2. The highest BCUT2D eigenvalue weighted by Gasteiger charge is 2.44. The van der Waals surface area contributed by atoms with Gasteiger partial charge in [0.1, 0.15) is 11.5 Å². The van der Waals surface area contributed by atoms with Crippen LogP contribution in [0.1, 0.15) is 94.5 Å². The van der Waals surface area contributed by atoms with Crippen LogP contribution in [0.3, 0.4) is 0 Å². The van der Waals surface area contributed by atoms with Gasteiger partial charge in [0, 0.05) is 18.7 Å². The summed E-state index contributed by atoms with van der Waals surface area (Å²) in [5, 5.41) is 22.7. The number of benzene rings is 1. The Morgan fingerprint density at radius 2 is 1.47 bits per heavy atom. The number of carbonyl (C=O) groups is 4. The van der Waals surface area contributed by atoms with Gasteiger partial charge in [-0.1, -0.05) is 18.2 Å². The standard InChI is InChI=1S/C25H23F3N6O.C14H22O8/c1-16-14-33(15-29-16)21-11-9-17(30-24(21)35-2)10-12-22-31-23-19(7-5-13-34(23)32-22)18-6-3-4-8-20(18)25(26,27)28;1-13(2,3)11(19)21-7(9(15)16)8(10(17)18)22-12(20)14(4,5)6/h3-4,6,8-12,14-15,19H,5,7,13H2,1-2H3;7-8H,1-6H3,(H,15,16)(H,17,18)/t19-;7-,8-/m00/s1. The van der Waals surface area contributed by atoms with Crippen LogP contribution in [0.15, 0.2) is 48.9 Å². The molecule has 4 aromatic rings. The summed E-state index contributed by atoms with van der Waals surface area (Å²) in [6.45, 7) is 11.4. The highest BCUT2D eigenvalue weighted by atomic mass is 19.4. The third kappa shape index (κ3) is 11.0. The molecule has 5 rings (SSSR count). The molecule has 18 heteroatoms. The maximum atomic E-state index is 13.6. The molecule has 0 bridgehead atoms. The number of carbonyl (C=O) groups excluding carboxylic acids is 2. The van der Waals surface area contributed by atoms with Gasteiger partial charge in [-0.15, -0.1) is 0 Å². The summed E-state index contributed by atoms with van der Waals surface area (Å²) < 4.78 is 59.3. The number of hydrogen-bond acceptors (Lipinski definition) is 11. The Kier molecular flexibility index (Phi) is 13.3. The van der Waals surface area contributed by atoms with Crippen molar-refractivity contribution >= 4 is 36.0 Å². The fourth-order valence-corrected chi connectivity index (χ4v) is 5.46. The molecule has 0 saturated carbocycles. The number of pyridine rings is 1. The van der Waals surface area contributed by atoms with E-state index in [2.05, 4.69) is 20.1 Å². The molecule has 306 valence electrons. The molecule has 0 aliphatic carbocycles. The van der Waals surface area contributed by atoms with Gasteiger partial charge < -0.3 is 29.0 Å². The SMILES string of the molecule is CC(C)(C)C(=O)O[C@H](C(=O)O)[C@H](OC(=O)C(C)(C)C)C(=O)O.COc1nc(C=Cc2nc3n(n2)CCC[C@H]3c2ccccc2C(F)(F)F)ccc1-n1cnc(C)c1. The van der Waals surface area contributed by atoms with Crippen LogP contribution >= 0.6 is 0 Å². The van der Waals surface area contributed by atoms with Crippen molar-refractivity contribution < 1.29 is 56.8 Å². The lowest BCUT2D eigenvalue weighted by atomic mass is 9.88. The van der Waals surface area contributed by atoms with Gasteiger partial charge in [0.15, 0.2) is 5.82 Å². The number of alkyl halides is 3. The second-order valence-corrected chi connectivity index (χ2v) is 15.2. The topological polar surface area (TPSA) is 198 Å². The number of aromatic nitrogens is 6. The molecule has 0 saturated heterocycles. The van der Waals surface area contributed by atoms with E-state index >= 15 is 0 Å². The van der Waals surface area contributed by atoms with E-state index in [-0.39, 0.29) is 5.56 Å². The van der Waals surface area contributed by atoms with Gasteiger partial charge in [0.25, 0.3) is 0 Å². The summed E-state index contributed by atoms with van der Waals surface area (Å²) in [5.74, 6) is -4.33. The normalized spacial score (nSPS) is 15.5. The molecule has 0 unspecified atom stereocenters. The van der Waals surface area contributed by atoms with Crippen molar-refractivity contribution in [2.24, 2.45) is 10.8 Å². The molecule has 0 fully saturated rings. The van der Waals surface area contributed by atoms with Crippen LogP contribution in [0.2, 0.25) is 0 Å². The number of esters is 2. The average molecular weight is 799 g/mol. The minimum atomic E-state index is -4.42. The lowest BCUT2D eigenvalue weighted by Gasteiger charge is -2.26. The second kappa shape index (κ2) is 17.4. The van der Waals surface area contributed by atoms with E-state index in [1.165, 1.54) is 53.7 Å². The number of aryl methyl sites for hydroxylation is 2. The molecule has 0 spiro atoms. The number of methoxy groups -OCH3 is 1. The molecule has 4 heterocycles. The van der Waals surface area contributed by atoms with Crippen LogP contribution in [0.4, 0.5) is 13.2 Å². The number of hydrogen-bond donors (Lipinski definition) is 2. The Hall–Kier alpha value is -6.07. The second-order valence-electron chi connectivity index (χ2n) is 15.2. The van der Waals surface area contributed by atoms with Crippen molar-refractivity contribution in [1.29, 1.82) is 0 Å². The first-order valence-corrected chi connectivity index (χ1v) is 17.7. The van der Waals surface area contributed by atoms with E-state index in [9.17, 15) is 32.3 Å². The van der Waals surface area contributed by atoms with Crippen LogP contribution in [0, 0.1) is 17.8 Å². The van der Waals surface area contributed by atoms with Crippen LogP contribution in [-0.4, -0.2) is 82.7 Å². The summed E-state index contributed by atoms with van der Waals surface area (Å²) in [6, 6.07) is 9.42. The minimum Gasteiger partial charge on any atom is -0.479 e. The Labute approximate surface area is 326 Å². The lowest BCUT2D eigenvalue weighted by molar-refractivity contribution is -0.193. The first-order valence-electron chi connectivity index (χ1n) is 17.7. The van der Waals surface area contributed by atoms with Gasteiger partial charge in [-0.25, -0.2) is 29.2 Å². The highest BCUT2D eigenvalue weighted by Crippen LogP contribution is 2.40. The van der Waals surface area contributed by atoms with E-state index < -0.39 is 64.6 Å². The molecule has 1 aliphatic rings. The van der Waals surface area contributed by atoms with Crippen LogP contribution < -0.4 is 4.74 Å². The zero-order chi connectivity index (χ0) is 42.5. The summed E-state index contributed by atoms with van der Waals surface area (Å²) >= 11 is 0. The molecule has 0 radical (unpaired) electrons. The highest BCUT2D eigenvalue weighted by molar-refractivity contribution is 5.89. The predicted molar refractivity (Wildman–Crippen MR) is 198 cm³/mol. The van der Waals surface area contributed by atoms with E-state index in [0.29, 0.717) is 36.2 Å².